The molecule has 1 N–H and O–H groups in total. The molecule has 0 heterocycles. The van der Waals surface area contributed by atoms with Gasteiger partial charge in [-0.15, -0.1) is 0 Å². The van der Waals surface area contributed by atoms with E-state index in [0.29, 0.717) is 22.9 Å². The Bertz CT molecular complexity index is 1140. The summed E-state index contributed by atoms with van der Waals surface area (Å²) in [7, 11) is 1.59. The molecule has 6 nitrogen and oxygen atoms in total. The SMILES string of the molecule is COc1cccc(CN(C(=O)COc2ccc(Cl)cc2)C(Cc2ccccc2)C(=O)NC(C)(C)C)c1. The molecule has 190 valence electrons. The number of amides is 2. The second-order valence-electron chi connectivity index (χ2n) is 9.56. The summed E-state index contributed by atoms with van der Waals surface area (Å²) < 4.78 is 11.1. The molecular formula is C29H33ClN2O4. The summed E-state index contributed by atoms with van der Waals surface area (Å²) in [6.45, 7) is 5.75. The molecule has 0 spiro atoms. The number of hydrogen-bond acceptors (Lipinski definition) is 4. The summed E-state index contributed by atoms with van der Waals surface area (Å²) in [5, 5.41) is 3.63. The molecule has 0 saturated heterocycles. The Morgan fingerprint density at radius 1 is 0.917 bits per heavy atom. The molecule has 7 heteroatoms. The number of ether oxygens (including phenoxy) is 2. The van der Waals surface area contributed by atoms with Gasteiger partial charge in [0, 0.05) is 23.5 Å². The third-order valence-electron chi connectivity index (χ3n) is 5.43. The van der Waals surface area contributed by atoms with Crippen molar-refractivity contribution >= 4 is 23.4 Å². The number of rotatable bonds is 10. The van der Waals surface area contributed by atoms with Crippen LogP contribution in [0, 0.1) is 0 Å². The van der Waals surface area contributed by atoms with E-state index in [1.807, 2.05) is 75.4 Å². The van der Waals surface area contributed by atoms with Crippen molar-refractivity contribution in [1.82, 2.24) is 10.2 Å². The monoisotopic (exact) mass is 508 g/mol. The first-order valence-corrected chi connectivity index (χ1v) is 12.2. The molecule has 1 atom stereocenters. The maximum atomic E-state index is 13.6. The van der Waals surface area contributed by atoms with Crippen molar-refractivity contribution in [3.05, 3.63) is 95.0 Å². The van der Waals surface area contributed by atoms with Crippen molar-refractivity contribution in [2.24, 2.45) is 0 Å². The average molecular weight is 509 g/mol. The predicted octanol–water partition coefficient (Wildman–Crippen LogP) is 5.28. The highest BCUT2D eigenvalue weighted by Gasteiger charge is 2.32. The first-order chi connectivity index (χ1) is 17.1. The van der Waals surface area contributed by atoms with Crippen LogP contribution in [0.15, 0.2) is 78.9 Å². The molecule has 0 aliphatic carbocycles. The van der Waals surface area contributed by atoms with Gasteiger partial charge in [-0.3, -0.25) is 9.59 Å². The standard InChI is InChI=1S/C29H33ClN2O4/c1-29(2,3)31-28(34)26(18-21-9-6-5-7-10-21)32(19-22-11-8-12-25(17-22)35-4)27(33)20-36-24-15-13-23(30)14-16-24/h5-17,26H,18-20H2,1-4H3,(H,31,34). The van der Waals surface area contributed by atoms with Crippen molar-refractivity contribution in [2.75, 3.05) is 13.7 Å². The molecule has 3 rings (SSSR count). The van der Waals surface area contributed by atoms with Gasteiger partial charge in [-0.25, -0.2) is 0 Å². The Kier molecular flexibility index (Phi) is 9.37. The molecular weight excluding hydrogens is 476 g/mol. The second kappa shape index (κ2) is 12.5. The second-order valence-corrected chi connectivity index (χ2v) is 10.00. The van der Waals surface area contributed by atoms with Gasteiger partial charge in [0.2, 0.25) is 5.91 Å². The number of benzene rings is 3. The molecule has 0 bridgehead atoms. The van der Waals surface area contributed by atoms with Crippen LogP contribution in [-0.4, -0.2) is 42.0 Å². The summed E-state index contributed by atoms with van der Waals surface area (Å²) >= 11 is 5.96. The van der Waals surface area contributed by atoms with Crippen LogP contribution in [-0.2, 0) is 22.6 Å². The minimum Gasteiger partial charge on any atom is -0.497 e. The minimum absolute atomic E-state index is 0.217. The number of methoxy groups -OCH3 is 1. The lowest BCUT2D eigenvalue weighted by atomic mass is 10.0. The van der Waals surface area contributed by atoms with E-state index in [9.17, 15) is 9.59 Å². The molecule has 0 saturated carbocycles. The van der Waals surface area contributed by atoms with E-state index >= 15 is 0 Å². The number of halogens is 1. The lowest BCUT2D eigenvalue weighted by molar-refractivity contribution is -0.143. The maximum Gasteiger partial charge on any atom is 0.261 e. The van der Waals surface area contributed by atoms with E-state index in [1.54, 1.807) is 36.3 Å². The smallest absolute Gasteiger partial charge is 0.261 e. The lowest BCUT2D eigenvalue weighted by Gasteiger charge is -2.33. The first-order valence-electron chi connectivity index (χ1n) is 11.8. The molecule has 3 aromatic carbocycles. The van der Waals surface area contributed by atoms with Gasteiger partial charge in [0.05, 0.1) is 7.11 Å². The molecule has 1 unspecified atom stereocenters. The summed E-state index contributed by atoms with van der Waals surface area (Å²) in [5.41, 5.74) is 1.33. The highest BCUT2D eigenvalue weighted by molar-refractivity contribution is 6.30. The number of nitrogens with zero attached hydrogens (tertiary/aromatic N) is 1. The lowest BCUT2D eigenvalue weighted by Crippen LogP contribution is -2.55. The molecule has 2 amide bonds. The quantitative estimate of drug-likeness (QED) is 0.404. The summed E-state index contributed by atoms with van der Waals surface area (Å²) in [4.78, 5) is 28.7. The van der Waals surface area contributed by atoms with E-state index in [-0.39, 0.29) is 25.0 Å². The number of nitrogens with one attached hydrogen (secondary N) is 1. The van der Waals surface area contributed by atoms with E-state index in [1.165, 1.54) is 0 Å². The third-order valence-corrected chi connectivity index (χ3v) is 5.68. The van der Waals surface area contributed by atoms with Crippen molar-refractivity contribution in [3.8, 4) is 11.5 Å². The molecule has 0 fully saturated rings. The fraction of sp³-hybridized carbons (Fsp3) is 0.310. The van der Waals surface area contributed by atoms with Crippen molar-refractivity contribution in [2.45, 2.75) is 45.3 Å². The zero-order valence-corrected chi connectivity index (χ0v) is 21.9. The molecule has 0 aliphatic heterocycles. The van der Waals surface area contributed by atoms with E-state index in [0.717, 1.165) is 11.1 Å². The van der Waals surface area contributed by atoms with Gasteiger partial charge >= 0.3 is 0 Å². The summed E-state index contributed by atoms with van der Waals surface area (Å²) in [6.07, 6.45) is 0.361. The molecule has 0 radical (unpaired) electrons. The Hall–Kier alpha value is -3.51. The van der Waals surface area contributed by atoms with E-state index < -0.39 is 11.6 Å². The Morgan fingerprint density at radius 3 is 2.22 bits per heavy atom. The van der Waals surface area contributed by atoms with Crippen LogP contribution in [0.4, 0.5) is 0 Å². The zero-order valence-electron chi connectivity index (χ0n) is 21.2. The highest BCUT2D eigenvalue weighted by Crippen LogP contribution is 2.20. The van der Waals surface area contributed by atoms with Gasteiger partial charge in [0.1, 0.15) is 17.5 Å². The van der Waals surface area contributed by atoms with Crippen molar-refractivity contribution in [1.29, 1.82) is 0 Å². The number of carbonyl (C=O) groups excluding carboxylic acids is 2. The Labute approximate surface area is 218 Å². The van der Waals surface area contributed by atoms with Crippen LogP contribution in [0.1, 0.15) is 31.9 Å². The van der Waals surface area contributed by atoms with Crippen LogP contribution >= 0.6 is 11.6 Å². The van der Waals surface area contributed by atoms with Crippen LogP contribution in [0.25, 0.3) is 0 Å². The van der Waals surface area contributed by atoms with Gasteiger partial charge in [-0.1, -0.05) is 54.1 Å². The van der Waals surface area contributed by atoms with Crippen molar-refractivity contribution < 1.29 is 19.1 Å². The zero-order chi connectivity index (χ0) is 26.1. The van der Waals surface area contributed by atoms with Gasteiger partial charge in [-0.05, 0) is 68.3 Å². The number of hydrogen-bond donors (Lipinski definition) is 1. The largest absolute Gasteiger partial charge is 0.497 e. The fourth-order valence-electron chi connectivity index (χ4n) is 3.73. The maximum absolute atomic E-state index is 13.6. The van der Waals surface area contributed by atoms with Gasteiger partial charge in [-0.2, -0.15) is 0 Å². The summed E-state index contributed by atoms with van der Waals surface area (Å²) in [6, 6.07) is 23.2. The minimum atomic E-state index is -0.751. The number of carbonyl (C=O) groups is 2. The van der Waals surface area contributed by atoms with Gasteiger partial charge < -0.3 is 19.7 Å². The topological polar surface area (TPSA) is 67.9 Å². The average Bonchev–Trinajstić information content (AvgIpc) is 2.85. The highest BCUT2D eigenvalue weighted by atomic mass is 35.5. The van der Waals surface area contributed by atoms with Gasteiger partial charge in [0.15, 0.2) is 6.61 Å². The van der Waals surface area contributed by atoms with E-state index in [4.69, 9.17) is 21.1 Å². The predicted molar refractivity (Wildman–Crippen MR) is 142 cm³/mol. The van der Waals surface area contributed by atoms with Gasteiger partial charge in [0.25, 0.3) is 5.91 Å². The first kappa shape index (κ1) is 27.1. The molecule has 0 aliphatic rings. The van der Waals surface area contributed by atoms with E-state index in [2.05, 4.69) is 5.32 Å². The molecule has 0 aromatic heterocycles. The van der Waals surface area contributed by atoms with Crippen molar-refractivity contribution in [3.63, 3.8) is 0 Å². The summed E-state index contributed by atoms with van der Waals surface area (Å²) in [5.74, 6) is 0.663. The Balaban J connectivity index is 1.93. The Morgan fingerprint density at radius 2 is 1.58 bits per heavy atom. The fourth-order valence-corrected chi connectivity index (χ4v) is 3.86. The van der Waals surface area contributed by atoms with Crippen LogP contribution in [0.2, 0.25) is 5.02 Å². The van der Waals surface area contributed by atoms with Crippen LogP contribution in [0.3, 0.4) is 0 Å². The van der Waals surface area contributed by atoms with Crippen LogP contribution in [0.5, 0.6) is 11.5 Å². The normalized spacial score (nSPS) is 11.9. The third kappa shape index (κ3) is 8.31. The molecule has 36 heavy (non-hydrogen) atoms. The van der Waals surface area contributed by atoms with Crippen LogP contribution < -0.4 is 14.8 Å². The molecule has 3 aromatic rings.